The van der Waals surface area contributed by atoms with Gasteiger partial charge in [-0.1, -0.05) is 266 Å². The number of aryl methyl sites for hydroxylation is 2. The number of fused-ring (bicyclic) bond motifs is 1. The molecule has 1 aromatic heterocycles. The number of anilines is 7. The van der Waals surface area contributed by atoms with E-state index in [1.165, 1.54) is 158 Å². The molecule has 11 aromatic rings. The second-order valence-electron chi connectivity index (χ2n) is 24.3. The minimum Gasteiger partial charge on any atom is -0.345 e. The van der Waals surface area contributed by atoms with Gasteiger partial charge >= 0.3 is 0 Å². The Morgan fingerprint density at radius 1 is 0.295 bits per heavy atom. The Morgan fingerprint density at radius 2 is 0.614 bits per heavy atom. The van der Waals surface area contributed by atoms with E-state index < -0.39 is 0 Å². The maximum atomic E-state index is 2.42. The molecule has 10 aromatic carbocycles. The van der Waals surface area contributed by atoms with Gasteiger partial charge in [0.1, 0.15) is 0 Å². The van der Waals surface area contributed by atoms with Crippen molar-refractivity contribution in [1.82, 2.24) is 0 Å². The van der Waals surface area contributed by atoms with Gasteiger partial charge in [0.2, 0.25) is 0 Å². The van der Waals surface area contributed by atoms with Crippen molar-refractivity contribution in [3.05, 3.63) is 294 Å². The van der Waals surface area contributed by atoms with Crippen LogP contribution in [0.4, 0.5) is 39.8 Å². The van der Waals surface area contributed by atoms with E-state index >= 15 is 0 Å². The van der Waals surface area contributed by atoms with Crippen LogP contribution in [0, 0.1) is 13.8 Å². The molecule has 0 saturated carbocycles. The summed E-state index contributed by atoms with van der Waals surface area (Å²) in [7, 11) is 4.33. The summed E-state index contributed by atoms with van der Waals surface area (Å²) in [5.41, 5.74) is 19.3. The van der Waals surface area contributed by atoms with E-state index in [-0.39, 0.29) is 10.8 Å². The third-order valence-electron chi connectivity index (χ3n) is 18.4. The van der Waals surface area contributed by atoms with Gasteiger partial charge in [-0.3, -0.25) is 0 Å². The van der Waals surface area contributed by atoms with Gasteiger partial charge < -0.3 is 14.7 Å². The van der Waals surface area contributed by atoms with Crippen LogP contribution in [-0.2, 0) is 10.8 Å². The molecule has 0 aliphatic rings. The van der Waals surface area contributed by atoms with Crippen molar-refractivity contribution in [1.29, 1.82) is 0 Å². The van der Waals surface area contributed by atoms with E-state index in [2.05, 4.69) is 331 Å². The van der Waals surface area contributed by atoms with Crippen LogP contribution in [0.2, 0.25) is 0 Å². The average Bonchev–Trinajstić information content (AvgIpc) is 1.75. The maximum absolute atomic E-state index is 2.42. The zero-order chi connectivity index (χ0) is 61.3. The number of unbranched alkanes of at least 4 members (excludes halogenated alkanes) is 4. The molecule has 0 N–H and O–H groups in total. The molecular weight excluding hydrogens is 1080 g/mol. The normalized spacial score (nSPS) is 11.5. The minimum absolute atomic E-state index is 0.00615. The van der Waals surface area contributed by atoms with Crippen LogP contribution in [0.1, 0.15) is 138 Å². The van der Waals surface area contributed by atoms with Crippen molar-refractivity contribution in [3.8, 4) is 20.9 Å². The smallest absolute Gasteiger partial charge is 0.0541 e. The monoisotopic (exact) mass is 1170 g/mol. The summed E-state index contributed by atoms with van der Waals surface area (Å²) >= 11 is 1.85. The second kappa shape index (κ2) is 30.0. The van der Waals surface area contributed by atoms with E-state index in [4.69, 9.17) is 0 Å². The Hall–Kier alpha value is -8.44. The van der Waals surface area contributed by atoms with Crippen LogP contribution in [0.5, 0.6) is 0 Å². The van der Waals surface area contributed by atoms with Crippen molar-refractivity contribution in [3.63, 3.8) is 0 Å². The number of benzene rings is 10. The topological polar surface area (TPSA) is 9.72 Å². The summed E-state index contributed by atoms with van der Waals surface area (Å²) < 4.78 is 0. The van der Waals surface area contributed by atoms with Gasteiger partial charge in [-0.15, -0.1) is 11.3 Å². The van der Waals surface area contributed by atoms with E-state index in [9.17, 15) is 0 Å². The van der Waals surface area contributed by atoms with Crippen molar-refractivity contribution in [2.75, 3.05) is 28.8 Å². The molecule has 0 fully saturated rings. The first-order valence-electron chi connectivity index (χ1n) is 32.6. The predicted octanol–water partition coefficient (Wildman–Crippen LogP) is 24.9. The zero-order valence-corrected chi connectivity index (χ0v) is 54.4. The fraction of sp³-hybridized carbons (Fsp3) is 0.262. The van der Waals surface area contributed by atoms with Crippen LogP contribution in [0.3, 0.4) is 0 Å². The molecule has 0 aliphatic heterocycles. The number of hydrogen-bond donors (Lipinski definition) is 0. The lowest BCUT2D eigenvalue weighted by atomic mass is 9.68. The summed E-state index contributed by atoms with van der Waals surface area (Å²) in [5, 5.41) is 2.45. The van der Waals surface area contributed by atoms with Gasteiger partial charge in [0.25, 0.3) is 0 Å². The number of hydrogen-bond acceptors (Lipinski definition) is 4. The summed E-state index contributed by atoms with van der Waals surface area (Å²) in [5.74, 6) is 0. The highest BCUT2D eigenvalue weighted by Gasteiger charge is 2.35. The summed E-state index contributed by atoms with van der Waals surface area (Å²) in [6.45, 7) is 13.6. The summed E-state index contributed by atoms with van der Waals surface area (Å²) in [4.78, 5) is 9.61. The second-order valence-corrected chi connectivity index (χ2v) is 25.3. The largest absolute Gasteiger partial charge is 0.345 e. The Balaban J connectivity index is 0.000000196. The van der Waals surface area contributed by atoms with E-state index in [1.54, 1.807) is 0 Å². The molecule has 0 saturated heterocycles. The quantitative estimate of drug-likeness (QED) is 0.0565. The Bertz CT molecular complexity index is 3850. The first kappa shape index (κ1) is 62.6. The maximum Gasteiger partial charge on any atom is 0.0541 e. The van der Waals surface area contributed by atoms with Crippen molar-refractivity contribution < 1.29 is 0 Å². The molecule has 88 heavy (non-hydrogen) atoms. The number of nitrogens with zero attached hydrogens (tertiary/aromatic N) is 3. The third kappa shape index (κ3) is 14.3. The molecule has 0 spiro atoms. The molecule has 0 unspecified atom stereocenters. The van der Waals surface area contributed by atoms with Gasteiger partial charge in [0.05, 0.1) is 5.69 Å². The van der Waals surface area contributed by atoms with Crippen LogP contribution in [-0.4, -0.2) is 14.1 Å². The highest BCUT2D eigenvalue weighted by Crippen LogP contribution is 2.47. The molecule has 0 atom stereocenters. The minimum atomic E-state index is 0.00615. The lowest BCUT2D eigenvalue weighted by Crippen LogP contribution is -2.28. The Labute approximate surface area is 532 Å². The summed E-state index contributed by atoms with van der Waals surface area (Å²) in [6, 6.07) is 96.4. The first-order valence-corrected chi connectivity index (χ1v) is 33.4. The van der Waals surface area contributed by atoms with Gasteiger partial charge in [-0.05, 0) is 158 Å². The predicted molar refractivity (Wildman–Crippen MR) is 385 cm³/mol. The van der Waals surface area contributed by atoms with Gasteiger partial charge in [-0.25, -0.2) is 0 Å². The fourth-order valence-electron chi connectivity index (χ4n) is 13.1. The van der Waals surface area contributed by atoms with E-state index in [0.29, 0.717) is 0 Å². The molecule has 1 heterocycles. The molecule has 0 bridgehead atoms. The molecule has 4 heteroatoms. The molecular formula is C84H91N3S. The van der Waals surface area contributed by atoms with Crippen LogP contribution < -0.4 is 14.7 Å². The summed E-state index contributed by atoms with van der Waals surface area (Å²) in [6.07, 6.45) is 14.4. The third-order valence-corrected chi connectivity index (χ3v) is 19.5. The average molecular weight is 1170 g/mol. The van der Waals surface area contributed by atoms with Gasteiger partial charge in [0, 0.05) is 79.6 Å². The lowest BCUT2D eigenvalue weighted by Gasteiger charge is -2.36. The lowest BCUT2D eigenvalue weighted by molar-refractivity contribution is 0.406. The van der Waals surface area contributed by atoms with Crippen LogP contribution in [0.15, 0.2) is 261 Å². The Kier molecular flexibility index (Phi) is 21.3. The van der Waals surface area contributed by atoms with Crippen molar-refractivity contribution in [2.45, 2.75) is 129 Å². The van der Waals surface area contributed by atoms with Crippen molar-refractivity contribution in [2.24, 2.45) is 0 Å². The molecule has 0 amide bonds. The van der Waals surface area contributed by atoms with Gasteiger partial charge in [0.15, 0.2) is 0 Å². The van der Waals surface area contributed by atoms with Crippen LogP contribution >= 0.6 is 11.3 Å². The van der Waals surface area contributed by atoms with Crippen LogP contribution in [0.25, 0.3) is 31.7 Å². The molecule has 0 radical (unpaired) electrons. The fourth-order valence-corrected chi connectivity index (χ4v) is 14.1. The highest BCUT2D eigenvalue weighted by atomic mass is 32.1. The van der Waals surface area contributed by atoms with E-state index in [1.807, 2.05) is 11.3 Å². The molecule has 3 nitrogen and oxygen atoms in total. The molecule has 0 aliphatic carbocycles. The number of rotatable bonds is 25. The van der Waals surface area contributed by atoms with E-state index in [0.717, 1.165) is 24.2 Å². The standard InChI is InChI=1S/C45H48N2.C39H43NS/c1-5-7-33-45(34-8-6-2,36-25-23-35(3)24-26-36)37-27-29-40(30-28-37)47(39-19-13-10-14-20-39)44-32-31-43(41-21-15-16-22-42(41)44)46(4)38-17-11-9-12-18-38;1-5-7-28-39(29-8-6-2,33-18-14-30(3)15-19-33)34-20-24-36(25-21-34)40(4)35-22-16-32(17-23-35)38-27-26-37(41-38)31-12-10-9-11-13-31/h9-32H,5-8,33-34H2,1-4H3;9-27H,5-8,28-29H2,1-4H3. The van der Waals surface area contributed by atoms with Crippen molar-refractivity contribution >= 4 is 61.9 Å². The highest BCUT2D eigenvalue weighted by molar-refractivity contribution is 7.18. The van der Waals surface area contributed by atoms with Gasteiger partial charge in [-0.2, -0.15) is 0 Å². The first-order chi connectivity index (χ1) is 43.1. The number of thiophene rings is 1. The molecule has 11 rings (SSSR count). The Morgan fingerprint density at radius 3 is 1.05 bits per heavy atom. The zero-order valence-electron chi connectivity index (χ0n) is 53.6. The number of para-hydroxylation sites is 2. The molecule has 448 valence electrons. The SMILES string of the molecule is CCCCC(CCCC)(c1ccc(C)cc1)c1ccc(N(C)c2ccc(-c3ccc(-c4ccccc4)s3)cc2)cc1.CCCCC(CCCC)(c1ccc(C)cc1)c1ccc(N(c2ccccc2)c2ccc(N(C)c3ccccc3)c3ccccc23)cc1.